The monoisotopic (exact) mass is 303 g/mol. The summed E-state index contributed by atoms with van der Waals surface area (Å²) in [6, 6.07) is 6.17. The van der Waals surface area contributed by atoms with Crippen LogP contribution in [0, 0.1) is 6.92 Å². The van der Waals surface area contributed by atoms with Crippen LogP contribution in [0.2, 0.25) is 5.02 Å². The minimum absolute atomic E-state index is 0.00348. The zero-order valence-corrected chi connectivity index (χ0v) is 11.7. The topological polar surface area (TPSA) is 94.2 Å². The number of rotatable bonds is 1. The Bertz CT molecular complexity index is 870. The number of halogens is 1. The Morgan fingerprint density at radius 2 is 1.86 bits per heavy atom. The summed E-state index contributed by atoms with van der Waals surface area (Å²) in [5.74, 6) is -1.35. The van der Waals surface area contributed by atoms with Crippen molar-refractivity contribution in [2.75, 3.05) is 5.73 Å². The second-order valence-electron chi connectivity index (χ2n) is 4.73. The van der Waals surface area contributed by atoms with Crippen LogP contribution in [0.25, 0.3) is 5.69 Å². The van der Waals surface area contributed by atoms with Gasteiger partial charge in [0.2, 0.25) is 0 Å². The number of anilines is 1. The van der Waals surface area contributed by atoms with Crippen LogP contribution in [-0.2, 0) is 0 Å². The Labute approximate surface area is 124 Å². The number of hydrogen-bond donors (Lipinski definition) is 2. The SMILES string of the molecule is Cc1ccc(-n2c(N)c3c(cc2=O)C(=O)NC3=O)c(Cl)c1. The van der Waals surface area contributed by atoms with Crippen LogP contribution < -0.4 is 16.6 Å². The van der Waals surface area contributed by atoms with Crippen molar-refractivity contribution in [1.82, 2.24) is 9.88 Å². The number of nitrogens with one attached hydrogen (secondary N) is 1. The predicted octanol–water partition coefficient (Wildman–Crippen LogP) is 1.27. The average Bonchev–Trinajstić information content (AvgIpc) is 2.67. The van der Waals surface area contributed by atoms with E-state index in [-0.39, 0.29) is 16.9 Å². The number of carbonyl (C=O) groups excluding carboxylic acids is 2. The molecule has 2 aromatic rings. The Kier molecular flexibility index (Phi) is 2.84. The van der Waals surface area contributed by atoms with Crippen LogP contribution >= 0.6 is 11.6 Å². The molecule has 0 saturated carbocycles. The van der Waals surface area contributed by atoms with Gasteiger partial charge in [-0.2, -0.15) is 0 Å². The van der Waals surface area contributed by atoms with Gasteiger partial charge < -0.3 is 5.73 Å². The largest absolute Gasteiger partial charge is 0.384 e. The number of aromatic nitrogens is 1. The number of amides is 2. The molecule has 0 atom stereocenters. The zero-order chi connectivity index (χ0) is 15.3. The third-order valence-corrected chi connectivity index (χ3v) is 3.60. The quantitative estimate of drug-likeness (QED) is 0.776. The first-order valence-electron chi connectivity index (χ1n) is 6.08. The van der Waals surface area contributed by atoms with Gasteiger partial charge in [0, 0.05) is 6.07 Å². The molecule has 0 fully saturated rings. The van der Waals surface area contributed by atoms with Crippen molar-refractivity contribution in [2.45, 2.75) is 6.92 Å². The summed E-state index contributed by atoms with van der Waals surface area (Å²) in [4.78, 5) is 35.6. The van der Waals surface area contributed by atoms with Crippen LogP contribution in [0.1, 0.15) is 26.3 Å². The van der Waals surface area contributed by atoms with Gasteiger partial charge in [-0.3, -0.25) is 24.3 Å². The number of nitrogen functional groups attached to an aromatic ring is 1. The van der Waals surface area contributed by atoms with Crippen molar-refractivity contribution in [1.29, 1.82) is 0 Å². The van der Waals surface area contributed by atoms with Crippen molar-refractivity contribution >= 4 is 29.2 Å². The highest BCUT2D eigenvalue weighted by Crippen LogP contribution is 2.26. The first-order valence-corrected chi connectivity index (χ1v) is 6.45. The molecule has 0 aliphatic carbocycles. The van der Waals surface area contributed by atoms with Crippen molar-refractivity contribution in [3.8, 4) is 5.69 Å². The summed E-state index contributed by atoms with van der Waals surface area (Å²) in [5.41, 5.74) is 6.66. The number of fused-ring (bicyclic) bond motifs is 1. The Morgan fingerprint density at radius 1 is 1.14 bits per heavy atom. The predicted molar refractivity (Wildman–Crippen MR) is 78.0 cm³/mol. The number of nitrogens with two attached hydrogens (primary N) is 1. The lowest BCUT2D eigenvalue weighted by atomic mass is 10.1. The molecular formula is C14H10ClN3O3. The summed E-state index contributed by atoms with van der Waals surface area (Å²) in [7, 11) is 0. The van der Waals surface area contributed by atoms with E-state index in [1.54, 1.807) is 18.2 Å². The maximum Gasteiger partial charge on any atom is 0.262 e. The normalized spacial score (nSPS) is 13.2. The van der Waals surface area contributed by atoms with Crippen LogP contribution in [0.3, 0.4) is 0 Å². The summed E-state index contributed by atoms with van der Waals surface area (Å²) in [6.45, 7) is 1.86. The number of pyridine rings is 1. The van der Waals surface area contributed by atoms with Crippen LogP contribution in [0.5, 0.6) is 0 Å². The van der Waals surface area contributed by atoms with Gasteiger partial charge in [0.1, 0.15) is 5.82 Å². The van der Waals surface area contributed by atoms with Gasteiger partial charge in [-0.25, -0.2) is 0 Å². The molecule has 1 aromatic heterocycles. The van der Waals surface area contributed by atoms with Crippen molar-refractivity contribution in [3.63, 3.8) is 0 Å². The lowest BCUT2D eigenvalue weighted by Gasteiger charge is -2.13. The van der Waals surface area contributed by atoms with E-state index in [9.17, 15) is 14.4 Å². The lowest BCUT2D eigenvalue weighted by molar-refractivity contribution is 0.0880. The summed E-state index contributed by atoms with van der Waals surface area (Å²) in [6.07, 6.45) is 0. The molecule has 21 heavy (non-hydrogen) atoms. The van der Waals surface area contributed by atoms with E-state index in [2.05, 4.69) is 5.32 Å². The Hall–Kier alpha value is -2.60. The van der Waals surface area contributed by atoms with E-state index >= 15 is 0 Å². The minimum atomic E-state index is -0.624. The molecule has 1 aromatic carbocycles. The van der Waals surface area contributed by atoms with E-state index in [4.69, 9.17) is 17.3 Å². The number of nitrogens with zero attached hydrogens (tertiary/aromatic N) is 1. The molecule has 6 nitrogen and oxygen atoms in total. The van der Waals surface area contributed by atoms with Crippen molar-refractivity contribution in [2.24, 2.45) is 0 Å². The molecule has 0 radical (unpaired) electrons. The van der Waals surface area contributed by atoms with Crippen molar-refractivity contribution in [3.05, 3.63) is 56.3 Å². The Balaban J connectivity index is 2.35. The standard InChI is InChI=1S/C14H10ClN3O3/c1-6-2-3-9(8(15)4-6)18-10(19)5-7-11(12(18)16)14(21)17-13(7)20/h2-5H,16H2,1H3,(H,17,20,21). The van der Waals surface area contributed by atoms with Crippen molar-refractivity contribution < 1.29 is 9.59 Å². The van der Waals surface area contributed by atoms with Crippen LogP contribution in [0.4, 0.5) is 5.82 Å². The van der Waals surface area contributed by atoms with E-state index in [0.717, 1.165) is 16.2 Å². The number of benzene rings is 1. The van der Waals surface area contributed by atoms with Gasteiger partial charge in [0.25, 0.3) is 17.4 Å². The smallest absolute Gasteiger partial charge is 0.262 e. The molecule has 2 heterocycles. The fourth-order valence-electron chi connectivity index (χ4n) is 2.32. The first-order chi connectivity index (χ1) is 9.90. The highest BCUT2D eigenvalue weighted by molar-refractivity contribution is 6.32. The van der Waals surface area contributed by atoms with Gasteiger partial charge in [-0.05, 0) is 24.6 Å². The molecule has 1 aliphatic heterocycles. The molecule has 0 spiro atoms. The maximum atomic E-state index is 12.2. The van der Waals surface area contributed by atoms with Gasteiger partial charge >= 0.3 is 0 Å². The maximum absolute atomic E-state index is 12.2. The molecule has 3 N–H and O–H groups in total. The molecule has 1 aliphatic rings. The average molecular weight is 304 g/mol. The van der Waals surface area contributed by atoms with E-state index < -0.39 is 17.4 Å². The zero-order valence-electron chi connectivity index (χ0n) is 10.9. The van der Waals surface area contributed by atoms with E-state index in [1.807, 2.05) is 6.92 Å². The number of imide groups is 1. The molecule has 0 bridgehead atoms. The molecule has 106 valence electrons. The lowest BCUT2D eigenvalue weighted by Crippen LogP contribution is -2.24. The molecule has 2 amide bonds. The fraction of sp³-hybridized carbons (Fsp3) is 0.0714. The van der Waals surface area contributed by atoms with E-state index in [0.29, 0.717) is 10.7 Å². The minimum Gasteiger partial charge on any atom is -0.384 e. The molecular weight excluding hydrogens is 294 g/mol. The first kappa shape index (κ1) is 13.4. The number of aryl methyl sites for hydroxylation is 1. The molecule has 0 unspecified atom stereocenters. The van der Waals surface area contributed by atoms with Gasteiger partial charge in [0.05, 0.1) is 21.8 Å². The highest BCUT2D eigenvalue weighted by atomic mass is 35.5. The van der Waals surface area contributed by atoms with Crippen LogP contribution in [-0.4, -0.2) is 16.4 Å². The molecule has 3 rings (SSSR count). The van der Waals surface area contributed by atoms with Crippen LogP contribution in [0.15, 0.2) is 29.1 Å². The number of hydrogen-bond acceptors (Lipinski definition) is 4. The van der Waals surface area contributed by atoms with E-state index in [1.165, 1.54) is 0 Å². The third-order valence-electron chi connectivity index (χ3n) is 3.30. The summed E-state index contributed by atoms with van der Waals surface area (Å²) >= 11 is 6.14. The fourth-order valence-corrected chi connectivity index (χ4v) is 2.64. The Morgan fingerprint density at radius 3 is 2.52 bits per heavy atom. The molecule has 7 heteroatoms. The third kappa shape index (κ3) is 1.92. The summed E-state index contributed by atoms with van der Waals surface area (Å²) in [5, 5.41) is 2.44. The second-order valence-corrected chi connectivity index (χ2v) is 5.14. The summed E-state index contributed by atoms with van der Waals surface area (Å²) < 4.78 is 1.12. The highest BCUT2D eigenvalue weighted by Gasteiger charge is 2.32. The number of carbonyl (C=O) groups is 2. The molecule has 0 saturated heterocycles. The second kappa shape index (κ2) is 4.46. The van der Waals surface area contributed by atoms with Gasteiger partial charge in [-0.15, -0.1) is 0 Å². The van der Waals surface area contributed by atoms with Gasteiger partial charge in [-0.1, -0.05) is 17.7 Å². The van der Waals surface area contributed by atoms with Gasteiger partial charge in [0.15, 0.2) is 0 Å².